The number of benzene rings is 1. The third-order valence-corrected chi connectivity index (χ3v) is 2.31. The monoisotopic (exact) mass is 273 g/mol. The number of hydrogen-bond donors (Lipinski definition) is 1. The van der Waals surface area contributed by atoms with Crippen molar-refractivity contribution in [2.45, 2.75) is 19.5 Å². The van der Waals surface area contributed by atoms with E-state index in [0.717, 1.165) is 0 Å². The largest absolute Gasteiger partial charge is 0.481 e. The Bertz CT molecular complexity index is 422. The SMILES string of the molecule is O=CN(CCCC(=O)O)c1ccc(OC(F)F)cc1. The molecular formula is C12H13F2NO4. The smallest absolute Gasteiger partial charge is 0.387 e. The Morgan fingerprint density at radius 1 is 1.37 bits per heavy atom. The van der Waals surface area contributed by atoms with Gasteiger partial charge < -0.3 is 14.7 Å². The van der Waals surface area contributed by atoms with Crippen molar-refractivity contribution in [2.24, 2.45) is 0 Å². The van der Waals surface area contributed by atoms with Gasteiger partial charge in [-0.3, -0.25) is 9.59 Å². The van der Waals surface area contributed by atoms with Crippen LogP contribution < -0.4 is 9.64 Å². The number of carboxylic acid groups (broad SMARTS) is 1. The maximum atomic E-state index is 11.9. The molecule has 0 atom stereocenters. The molecule has 1 N–H and O–H groups in total. The first-order valence-corrected chi connectivity index (χ1v) is 5.51. The predicted octanol–water partition coefficient (Wildman–Crippen LogP) is 2.12. The van der Waals surface area contributed by atoms with Gasteiger partial charge in [0.15, 0.2) is 0 Å². The number of carboxylic acids is 1. The summed E-state index contributed by atoms with van der Waals surface area (Å²) in [5.41, 5.74) is 0.488. The molecule has 7 heteroatoms. The second kappa shape index (κ2) is 7.30. The van der Waals surface area contributed by atoms with Crippen molar-refractivity contribution in [3.05, 3.63) is 24.3 Å². The van der Waals surface area contributed by atoms with Crippen molar-refractivity contribution in [1.82, 2.24) is 0 Å². The number of anilines is 1. The molecule has 104 valence electrons. The van der Waals surface area contributed by atoms with Gasteiger partial charge >= 0.3 is 12.6 Å². The lowest BCUT2D eigenvalue weighted by atomic mass is 10.2. The van der Waals surface area contributed by atoms with E-state index in [1.807, 2.05) is 0 Å². The third-order valence-electron chi connectivity index (χ3n) is 2.31. The summed E-state index contributed by atoms with van der Waals surface area (Å²) in [6.45, 7) is -2.66. The van der Waals surface area contributed by atoms with Gasteiger partial charge in [0.1, 0.15) is 5.75 Å². The molecule has 1 aromatic carbocycles. The van der Waals surface area contributed by atoms with Crippen LogP contribution in [0.4, 0.5) is 14.5 Å². The molecular weight excluding hydrogens is 260 g/mol. The van der Waals surface area contributed by atoms with E-state index >= 15 is 0 Å². The van der Waals surface area contributed by atoms with Crippen LogP contribution in [0.5, 0.6) is 5.75 Å². The lowest BCUT2D eigenvalue weighted by molar-refractivity contribution is -0.137. The van der Waals surface area contributed by atoms with E-state index in [2.05, 4.69) is 4.74 Å². The first-order valence-electron chi connectivity index (χ1n) is 5.51. The van der Waals surface area contributed by atoms with E-state index in [1.165, 1.54) is 29.2 Å². The maximum Gasteiger partial charge on any atom is 0.387 e. The van der Waals surface area contributed by atoms with Crippen molar-refractivity contribution in [2.75, 3.05) is 11.4 Å². The van der Waals surface area contributed by atoms with Crippen LogP contribution in [0.15, 0.2) is 24.3 Å². The third kappa shape index (κ3) is 5.33. The van der Waals surface area contributed by atoms with Gasteiger partial charge in [-0.25, -0.2) is 0 Å². The molecule has 0 radical (unpaired) electrons. The molecule has 0 bridgehead atoms. The van der Waals surface area contributed by atoms with E-state index in [1.54, 1.807) is 0 Å². The second-order valence-electron chi connectivity index (χ2n) is 3.67. The van der Waals surface area contributed by atoms with Crippen molar-refractivity contribution in [3.8, 4) is 5.75 Å². The molecule has 0 fully saturated rings. The second-order valence-corrected chi connectivity index (χ2v) is 3.67. The summed E-state index contributed by atoms with van der Waals surface area (Å²) in [5.74, 6) is -0.943. The normalized spacial score (nSPS) is 10.3. The number of carbonyl (C=O) groups is 2. The lowest BCUT2D eigenvalue weighted by Crippen LogP contribution is -2.22. The molecule has 0 heterocycles. The van der Waals surface area contributed by atoms with Gasteiger partial charge in [0, 0.05) is 18.7 Å². The highest BCUT2D eigenvalue weighted by molar-refractivity contribution is 5.75. The summed E-state index contributed by atoms with van der Waals surface area (Å²) in [4.78, 5) is 22.5. The molecule has 19 heavy (non-hydrogen) atoms. The van der Waals surface area contributed by atoms with Crippen LogP contribution in [0.25, 0.3) is 0 Å². The van der Waals surface area contributed by atoms with Crippen LogP contribution in [0.2, 0.25) is 0 Å². The molecule has 0 aliphatic rings. The van der Waals surface area contributed by atoms with Gasteiger partial charge in [-0.15, -0.1) is 0 Å². The molecule has 1 aromatic rings. The zero-order valence-electron chi connectivity index (χ0n) is 9.96. The first kappa shape index (κ1) is 14.9. The number of halogens is 2. The Morgan fingerprint density at radius 2 is 2.00 bits per heavy atom. The number of rotatable bonds is 8. The van der Waals surface area contributed by atoms with Crippen LogP contribution in [0, 0.1) is 0 Å². The maximum absolute atomic E-state index is 11.9. The fraction of sp³-hybridized carbons (Fsp3) is 0.333. The van der Waals surface area contributed by atoms with Crippen LogP contribution >= 0.6 is 0 Å². The summed E-state index contributed by atoms with van der Waals surface area (Å²) in [6.07, 6.45) is 0.825. The Labute approximate surface area is 108 Å². The molecule has 0 saturated heterocycles. The Balaban J connectivity index is 2.60. The number of amides is 1. The molecule has 1 amide bonds. The van der Waals surface area contributed by atoms with E-state index < -0.39 is 12.6 Å². The van der Waals surface area contributed by atoms with E-state index in [4.69, 9.17) is 5.11 Å². The number of aliphatic carboxylic acids is 1. The van der Waals surface area contributed by atoms with Crippen molar-refractivity contribution in [3.63, 3.8) is 0 Å². The number of alkyl halides is 2. The Hall–Kier alpha value is -2.18. The topological polar surface area (TPSA) is 66.8 Å². The Morgan fingerprint density at radius 3 is 2.47 bits per heavy atom. The van der Waals surface area contributed by atoms with Crippen molar-refractivity contribution in [1.29, 1.82) is 0 Å². The molecule has 1 rings (SSSR count). The standard InChI is InChI=1S/C12H13F2NO4/c13-12(14)19-10-5-3-9(4-6-10)15(8-16)7-1-2-11(17)18/h3-6,8,12H,1-2,7H2,(H,17,18). The molecule has 0 unspecified atom stereocenters. The predicted molar refractivity (Wildman–Crippen MR) is 63.4 cm³/mol. The average Bonchev–Trinajstić information content (AvgIpc) is 2.35. The minimum atomic E-state index is -2.90. The van der Waals surface area contributed by atoms with Crippen molar-refractivity contribution >= 4 is 18.1 Å². The zero-order valence-corrected chi connectivity index (χ0v) is 9.96. The van der Waals surface area contributed by atoms with Crippen LogP contribution in [0.1, 0.15) is 12.8 Å². The Kier molecular flexibility index (Phi) is 5.72. The van der Waals surface area contributed by atoms with Gasteiger partial charge in [-0.1, -0.05) is 0 Å². The van der Waals surface area contributed by atoms with E-state index in [9.17, 15) is 18.4 Å². The molecule has 0 aromatic heterocycles. The van der Waals surface area contributed by atoms with Gasteiger partial charge in [0.05, 0.1) is 0 Å². The number of ether oxygens (including phenoxy) is 1. The molecule has 5 nitrogen and oxygen atoms in total. The fourth-order valence-corrected chi connectivity index (χ4v) is 1.46. The van der Waals surface area contributed by atoms with Crippen molar-refractivity contribution < 1.29 is 28.2 Å². The summed E-state index contributed by atoms with van der Waals surface area (Å²) >= 11 is 0. The quantitative estimate of drug-likeness (QED) is 0.737. The summed E-state index contributed by atoms with van der Waals surface area (Å²) in [7, 11) is 0. The van der Waals surface area contributed by atoms with Crippen LogP contribution in [-0.4, -0.2) is 30.6 Å². The lowest BCUT2D eigenvalue weighted by Gasteiger charge is -2.17. The highest BCUT2D eigenvalue weighted by Crippen LogP contribution is 2.20. The molecule has 0 aliphatic heterocycles. The number of hydrogen-bond acceptors (Lipinski definition) is 3. The fourth-order valence-electron chi connectivity index (χ4n) is 1.46. The van der Waals surface area contributed by atoms with Crippen LogP contribution in [-0.2, 0) is 9.59 Å². The highest BCUT2D eigenvalue weighted by Gasteiger charge is 2.08. The average molecular weight is 273 g/mol. The minimum absolute atomic E-state index is 0.00450. The van der Waals surface area contributed by atoms with Gasteiger partial charge in [0.2, 0.25) is 6.41 Å². The summed E-state index contributed by atoms with van der Waals surface area (Å²) in [6, 6.07) is 5.53. The van der Waals surface area contributed by atoms with Gasteiger partial charge in [0.25, 0.3) is 0 Å². The molecule has 0 saturated carbocycles. The first-order chi connectivity index (χ1) is 9.02. The minimum Gasteiger partial charge on any atom is -0.481 e. The van der Waals surface area contributed by atoms with E-state index in [-0.39, 0.29) is 18.7 Å². The number of nitrogens with zero attached hydrogens (tertiary/aromatic N) is 1. The molecule has 0 spiro atoms. The number of carbonyl (C=O) groups excluding carboxylic acids is 1. The highest BCUT2D eigenvalue weighted by atomic mass is 19.3. The summed E-state index contributed by atoms with van der Waals surface area (Å²) in [5, 5.41) is 8.50. The summed E-state index contributed by atoms with van der Waals surface area (Å²) < 4.78 is 28.1. The molecule has 0 aliphatic carbocycles. The van der Waals surface area contributed by atoms with E-state index in [0.29, 0.717) is 18.5 Å². The van der Waals surface area contributed by atoms with Gasteiger partial charge in [-0.2, -0.15) is 8.78 Å². The zero-order chi connectivity index (χ0) is 14.3. The van der Waals surface area contributed by atoms with Crippen LogP contribution in [0.3, 0.4) is 0 Å². The van der Waals surface area contributed by atoms with Gasteiger partial charge in [-0.05, 0) is 30.7 Å².